The van der Waals surface area contributed by atoms with Crippen LogP contribution in [-0.4, -0.2) is 174 Å². The number of hydrogen-bond acceptors (Lipinski definition) is 21. The Morgan fingerprint density at radius 3 is 2.06 bits per heavy atom. The number of esters is 3. The zero-order valence-corrected chi connectivity index (χ0v) is 50.0. The Balaban J connectivity index is 1.03. The molecule has 3 saturated heterocycles. The zero-order valence-electron chi connectivity index (χ0n) is 48.0. The summed E-state index contributed by atoms with van der Waals surface area (Å²) in [7, 11) is -6.05. The number of benzene rings is 1. The SMILES string of the molecule is CC(=O)NC1C(OCCCCC(=O)NCCOCCOCO[C@@H]2[C@@H]3O[Si](C(C)C)(C(C)C)O[Si](C(C)C)(C(C)C)OC[C@H]3O[C@H]2n2cnc3c(NC(=O)c4ccccc4)ncnc32)O[C@@H](COC(C)=O)C(OC(C)=O)C1OC(C)=O. The second kappa shape index (κ2) is 29.6. The number of hydrogen-bond donors (Lipinski definition) is 3. The molecule has 444 valence electrons. The van der Waals surface area contributed by atoms with Crippen LogP contribution in [0.4, 0.5) is 5.82 Å². The van der Waals surface area contributed by atoms with Crippen LogP contribution >= 0.6 is 0 Å². The first-order valence-electron chi connectivity index (χ1n) is 27.3. The van der Waals surface area contributed by atoms with E-state index in [9.17, 15) is 28.8 Å². The molecule has 3 aliphatic rings. The predicted octanol–water partition coefficient (Wildman–Crippen LogP) is 5.27. The summed E-state index contributed by atoms with van der Waals surface area (Å²) in [6.45, 7) is 22.6. The summed E-state index contributed by atoms with van der Waals surface area (Å²) in [5, 5.41) is 8.37. The van der Waals surface area contributed by atoms with Crippen molar-refractivity contribution in [3.63, 3.8) is 0 Å². The van der Waals surface area contributed by atoms with Gasteiger partial charge in [0, 0.05) is 52.8 Å². The van der Waals surface area contributed by atoms with Crippen molar-refractivity contribution in [2.45, 2.75) is 180 Å². The van der Waals surface area contributed by atoms with Crippen LogP contribution in [0, 0.1) is 0 Å². The summed E-state index contributed by atoms with van der Waals surface area (Å²) in [6, 6.07) is 7.71. The maximum Gasteiger partial charge on any atom is 0.335 e. The van der Waals surface area contributed by atoms with Gasteiger partial charge in [0.05, 0.1) is 32.8 Å². The van der Waals surface area contributed by atoms with Gasteiger partial charge in [-0.3, -0.25) is 33.3 Å². The van der Waals surface area contributed by atoms with Crippen molar-refractivity contribution in [2.24, 2.45) is 0 Å². The molecule has 0 saturated carbocycles. The van der Waals surface area contributed by atoms with Gasteiger partial charge in [-0.25, -0.2) is 15.0 Å². The molecule has 3 amide bonds. The number of amides is 3. The van der Waals surface area contributed by atoms with E-state index < -0.39 is 96.1 Å². The van der Waals surface area contributed by atoms with E-state index in [4.69, 9.17) is 55.6 Å². The van der Waals surface area contributed by atoms with Crippen molar-refractivity contribution in [2.75, 3.05) is 58.3 Å². The minimum atomic E-state index is -3.13. The Hall–Kier alpha value is -5.34. The van der Waals surface area contributed by atoms with Crippen LogP contribution < -0.4 is 16.0 Å². The van der Waals surface area contributed by atoms with Gasteiger partial charge >= 0.3 is 35.0 Å². The normalized spacial score (nSPS) is 24.5. The lowest BCUT2D eigenvalue weighted by Gasteiger charge is -2.51. The third-order valence-electron chi connectivity index (χ3n) is 14.0. The number of nitrogens with zero attached hydrogens (tertiary/aromatic N) is 4. The third-order valence-corrected chi connectivity index (χ3v) is 24.2. The molecular formula is C53H81N7O18Si2. The summed E-state index contributed by atoms with van der Waals surface area (Å²) in [5.41, 5.74) is 1.51. The molecule has 80 heavy (non-hydrogen) atoms. The van der Waals surface area contributed by atoms with Gasteiger partial charge in [0.1, 0.15) is 50.2 Å². The highest BCUT2D eigenvalue weighted by Gasteiger charge is 2.62. The highest BCUT2D eigenvalue weighted by atomic mass is 28.5. The van der Waals surface area contributed by atoms with Gasteiger partial charge in [0.25, 0.3) is 5.91 Å². The Morgan fingerprint density at radius 2 is 1.41 bits per heavy atom. The van der Waals surface area contributed by atoms with Gasteiger partial charge in [-0.05, 0) is 47.1 Å². The Kier molecular flexibility index (Phi) is 23.6. The average Bonchev–Trinajstić information content (AvgIpc) is 4.19. The number of unbranched alkanes of at least 4 members (excludes halogenated alkanes) is 1. The number of nitrogens with one attached hydrogen (secondary N) is 3. The van der Waals surface area contributed by atoms with Crippen LogP contribution in [-0.2, 0) is 79.6 Å². The molecule has 3 N–H and O–H groups in total. The number of carbonyl (C=O) groups is 6. The van der Waals surface area contributed by atoms with Crippen molar-refractivity contribution >= 4 is 69.7 Å². The Labute approximate surface area is 469 Å². The molecule has 2 aromatic heterocycles. The molecule has 6 rings (SSSR count). The average molecular weight is 1160 g/mol. The van der Waals surface area contributed by atoms with E-state index in [0.29, 0.717) is 29.6 Å². The monoisotopic (exact) mass is 1160 g/mol. The lowest BCUT2D eigenvalue weighted by molar-refractivity contribution is -0.277. The third kappa shape index (κ3) is 16.2. The Morgan fingerprint density at radius 1 is 0.738 bits per heavy atom. The maximum atomic E-state index is 13.2. The number of ether oxygens (including phenoxy) is 9. The molecule has 27 heteroatoms. The van der Waals surface area contributed by atoms with Crippen molar-refractivity contribution in [3.05, 3.63) is 48.5 Å². The van der Waals surface area contributed by atoms with E-state index in [1.165, 1.54) is 20.2 Å². The molecule has 1 aromatic carbocycles. The zero-order chi connectivity index (χ0) is 58.3. The van der Waals surface area contributed by atoms with E-state index in [-0.39, 0.29) is 99.2 Å². The van der Waals surface area contributed by atoms with Crippen molar-refractivity contribution < 1.29 is 84.4 Å². The predicted molar refractivity (Wildman–Crippen MR) is 291 cm³/mol. The van der Waals surface area contributed by atoms with Crippen LogP contribution in [0.25, 0.3) is 11.2 Å². The van der Waals surface area contributed by atoms with Gasteiger partial charge < -0.3 is 71.5 Å². The second-order valence-corrected chi connectivity index (χ2v) is 30.0. The number of imidazole rings is 1. The topological polar surface area (TPSA) is 293 Å². The first-order chi connectivity index (χ1) is 38.1. The molecule has 0 aliphatic carbocycles. The summed E-state index contributed by atoms with van der Waals surface area (Å²) in [6.07, 6.45) is -3.66. The second-order valence-electron chi connectivity index (χ2n) is 21.2. The van der Waals surface area contributed by atoms with E-state index in [1.807, 2.05) is 6.07 Å². The fraction of sp³-hybridized carbons (Fsp3) is 0.679. The van der Waals surface area contributed by atoms with E-state index in [1.54, 1.807) is 35.2 Å². The van der Waals surface area contributed by atoms with Gasteiger partial charge in [0.2, 0.25) is 11.8 Å². The van der Waals surface area contributed by atoms with Crippen molar-refractivity contribution in [1.29, 1.82) is 0 Å². The number of aromatic nitrogens is 4. The van der Waals surface area contributed by atoms with Crippen LogP contribution in [0.1, 0.15) is 119 Å². The molecule has 3 aliphatic heterocycles. The molecule has 5 heterocycles. The first-order valence-corrected chi connectivity index (χ1v) is 31.3. The molecule has 0 radical (unpaired) electrons. The fourth-order valence-electron chi connectivity index (χ4n) is 10.2. The molecule has 3 aromatic rings. The Bertz CT molecular complexity index is 2520. The van der Waals surface area contributed by atoms with E-state index in [0.717, 1.165) is 13.8 Å². The molecule has 25 nitrogen and oxygen atoms in total. The first kappa shape index (κ1) is 63.8. The minimum Gasteiger partial charge on any atom is -0.463 e. The van der Waals surface area contributed by atoms with Crippen molar-refractivity contribution in [3.8, 4) is 0 Å². The molecule has 4 unspecified atom stereocenters. The molecular weight excluding hydrogens is 1080 g/mol. The largest absolute Gasteiger partial charge is 0.463 e. The lowest BCUT2D eigenvalue weighted by atomic mass is 9.96. The summed E-state index contributed by atoms with van der Waals surface area (Å²) >= 11 is 0. The van der Waals surface area contributed by atoms with Crippen LogP contribution in [0.2, 0.25) is 22.2 Å². The molecule has 3 fully saturated rings. The number of carbonyl (C=O) groups excluding carboxylic acids is 6. The standard InChI is InChI=1S/C53H81N7O18Si2/c1-31(2)79(32(3)4)72-27-41-46(77-80(78-79,33(5)6)34(7)8)48(52(75-41)60-29-57-44-49(55-28-56-50(44)60)59-51(66)39-18-14-13-15-19-39)71-30-68-25-24-67-23-21-54-42(65)20-16-17-22-69-53-43(58-35(9)61)47(74-38(12)64)45(73-37(11)63)40(76-53)26-70-36(10)62/h13-15,18-19,28-29,31-34,40-41,43,45-48,52-53H,16-17,20-27,30H2,1-12H3,(H,54,65)(H,58,61)(H,55,56,59,66)/t40-,41+,43?,45?,46+,47?,48+,52+,53?/m0/s1. The number of anilines is 1. The van der Waals surface area contributed by atoms with Gasteiger partial charge in [-0.1, -0.05) is 73.6 Å². The van der Waals surface area contributed by atoms with Gasteiger partial charge in [-0.2, -0.15) is 0 Å². The lowest BCUT2D eigenvalue weighted by Crippen LogP contribution is -2.66. The van der Waals surface area contributed by atoms with Crippen LogP contribution in [0.3, 0.4) is 0 Å². The molecule has 0 spiro atoms. The smallest absolute Gasteiger partial charge is 0.335 e. The summed E-state index contributed by atoms with van der Waals surface area (Å²) in [5.74, 6) is -2.89. The van der Waals surface area contributed by atoms with Gasteiger partial charge in [0.15, 0.2) is 41.7 Å². The van der Waals surface area contributed by atoms with Gasteiger partial charge in [-0.15, -0.1) is 0 Å². The number of rotatable bonds is 27. The molecule has 0 bridgehead atoms. The summed E-state index contributed by atoms with van der Waals surface area (Å²) < 4.78 is 77.1. The highest BCUT2D eigenvalue weighted by molar-refractivity contribution is 6.84. The number of fused-ring (bicyclic) bond motifs is 2. The summed E-state index contributed by atoms with van der Waals surface area (Å²) in [4.78, 5) is 87.7. The van der Waals surface area contributed by atoms with Crippen LogP contribution in [0.15, 0.2) is 43.0 Å². The molecule has 9 atom stereocenters. The minimum absolute atomic E-state index is 0.0332. The fourth-order valence-corrected chi connectivity index (χ4v) is 21.4. The maximum absolute atomic E-state index is 13.2. The quantitative estimate of drug-likeness (QED) is 0.0288. The van der Waals surface area contributed by atoms with E-state index in [2.05, 4.69) is 86.3 Å². The highest BCUT2D eigenvalue weighted by Crippen LogP contribution is 2.49. The van der Waals surface area contributed by atoms with E-state index >= 15 is 0 Å². The van der Waals surface area contributed by atoms with Crippen molar-refractivity contribution in [1.82, 2.24) is 30.2 Å². The van der Waals surface area contributed by atoms with Crippen LogP contribution in [0.5, 0.6) is 0 Å².